The van der Waals surface area contributed by atoms with Crippen molar-refractivity contribution in [3.63, 3.8) is 0 Å². The number of hydrogen-bond acceptors (Lipinski definition) is 5. The third-order valence-corrected chi connectivity index (χ3v) is 6.66. The number of benzene rings is 1. The van der Waals surface area contributed by atoms with Crippen molar-refractivity contribution in [3.05, 3.63) is 35.4 Å². The van der Waals surface area contributed by atoms with Gasteiger partial charge in [0.25, 0.3) is 0 Å². The van der Waals surface area contributed by atoms with Gasteiger partial charge in [-0.1, -0.05) is 30.9 Å². The zero-order valence-electron chi connectivity index (χ0n) is 14.0. The van der Waals surface area contributed by atoms with Crippen LogP contribution in [-0.4, -0.2) is 73.2 Å². The molecule has 2 aliphatic heterocycles. The Morgan fingerprint density at radius 1 is 1.12 bits per heavy atom. The van der Waals surface area contributed by atoms with Crippen molar-refractivity contribution in [1.82, 2.24) is 9.80 Å². The fourth-order valence-corrected chi connectivity index (χ4v) is 5.80. The van der Waals surface area contributed by atoms with Gasteiger partial charge in [0.05, 0.1) is 11.5 Å². The summed E-state index contributed by atoms with van der Waals surface area (Å²) in [6, 6.07) is 8.19. The predicted octanol–water partition coefficient (Wildman–Crippen LogP) is 0.333. The van der Waals surface area contributed by atoms with Crippen molar-refractivity contribution in [3.8, 4) is 11.8 Å². The number of fused-ring (bicyclic) bond motifs is 1. The molecule has 5 nitrogen and oxygen atoms in total. The minimum Gasteiger partial charge on any atom is -0.384 e. The van der Waals surface area contributed by atoms with Crippen LogP contribution in [0.2, 0.25) is 0 Å². The lowest BCUT2D eigenvalue weighted by Gasteiger charge is -2.43. The van der Waals surface area contributed by atoms with Crippen LogP contribution >= 0.6 is 0 Å². The highest BCUT2D eigenvalue weighted by Gasteiger charge is 2.45. The summed E-state index contributed by atoms with van der Waals surface area (Å²) in [7, 11) is -2.94. The van der Waals surface area contributed by atoms with E-state index in [2.05, 4.69) is 28.6 Å². The van der Waals surface area contributed by atoms with Crippen molar-refractivity contribution in [2.45, 2.75) is 25.6 Å². The maximum absolute atomic E-state index is 12.1. The van der Waals surface area contributed by atoms with Gasteiger partial charge in [-0.15, -0.1) is 0 Å². The number of aliphatic hydroxyl groups is 1. The molecule has 0 saturated carbocycles. The molecule has 2 atom stereocenters. The number of sulfone groups is 1. The Morgan fingerprint density at radius 2 is 1.75 bits per heavy atom. The Balaban J connectivity index is 1.73. The SMILES string of the molecule is CCN1CCN(Cc2ccc(C#CCO)cc2)[C@H]2CS(=O)(=O)C[C@H]21. The largest absolute Gasteiger partial charge is 0.384 e. The first-order valence-corrected chi connectivity index (χ1v) is 10.2. The number of aliphatic hydroxyl groups excluding tert-OH is 1. The molecule has 0 aliphatic carbocycles. The smallest absolute Gasteiger partial charge is 0.153 e. The van der Waals surface area contributed by atoms with E-state index in [4.69, 9.17) is 5.11 Å². The zero-order valence-corrected chi connectivity index (χ0v) is 14.8. The highest BCUT2D eigenvalue weighted by molar-refractivity contribution is 7.91. The Morgan fingerprint density at radius 3 is 2.38 bits per heavy atom. The average Bonchev–Trinajstić information content (AvgIpc) is 2.90. The van der Waals surface area contributed by atoms with Crippen LogP contribution < -0.4 is 0 Å². The molecule has 1 aromatic rings. The van der Waals surface area contributed by atoms with Crippen LogP contribution in [0, 0.1) is 11.8 Å². The third kappa shape index (κ3) is 3.81. The Labute approximate surface area is 144 Å². The Bertz CT molecular complexity index is 734. The molecule has 0 radical (unpaired) electrons. The molecule has 2 aliphatic rings. The minimum absolute atomic E-state index is 0.0950. The van der Waals surface area contributed by atoms with Gasteiger partial charge >= 0.3 is 0 Å². The quantitative estimate of drug-likeness (QED) is 0.798. The molecule has 0 bridgehead atoms. The van der Waals surface area contributed by atoms with Crippen LogP contribution in [0.15, 0.2) is 24.3 Å². The first-order valence-electron chi connectivity index (χ1n) is 8.39. The van der Waals surface area contributed by atoms with Gasteiger partial charge in [0.1, 0.15) is 6.61 Å². The van der Waals surface area contributed by atoms with Crippen molar-refractivity contribution in [1.29, 1.82) is 0 Å². The van der Waals surface area contributed by atoms with Gasteiger partial charge in [-0.2, -0.15) is 0 Å². The maximum Gasteiger partial charge on any atom is 0.153 e. The maximum atomic E-state index is 12.1. The molecular weight excluding hydrogens is 324 g/mol. The van der Waals surface area contributed by atoms with Gasteiger partial charge in [-0.3, -0.25) is 9.80 Å². The molecule has 130 valence electrons. The lowest BCUT2D eigenvalue weighted by molar-refractivity contribution is 0.0439. The molecule has 2 saturated heterocycles. The monoisotopic (exact) mass is 348 g/mol. The number of piperazine rings is 1. The molecule has 2 fully saturated rings. The van der Waals surface area contributed by atoms with Crippen molar-refractivity contribution in [2.24, 2.45) is 0 Å². The van der Waals surface area contributed by atoms with Crippen LogP contribution in [0.4, 0.5) is 0 Å². The van der Waals surface area contributed by atoms with E-state index in [0.717, 1.165) is 37.3 Å². The molecule has 0 amide bonds. The van der Waals surface area contributed by atoms with Crippen LogP contribution in [-0.2, 0) is 16.4 Å². The molecule has 0 aromatic heterocycles. The minimum atomic E-state index is -2.94. The third-order valence-electron chi connectivity index (χ3n) is 4.96. The summed E-state index contributed by atoms with van der Waals surface area (Å²) in [5.74, 6) is 6.09. The van der Waals surface area contributed by atoms with E-state index in [1.54, 1.807) is 0 Å². The molecule has 0 unspecified atom stereocenters. The second-order valence-corrected chi connectivity index (χ2v) is 8.62. The van der Waals surface area contributed by atoms with Crippen LogP contribution in [0.5, 0.6) is 0 Å². The van der Waals surface area contributed by atoms with E-state index >= 15 is 0 Å². The molecular formula is C18H24N2O3S. The summed E-state index contributed by atoms with van der Waals surface area (Å²) < 4.78 is 24.2. The molecule has 24 heavy (non-hydrogen) atoms. The standard InChI is InChI=1S/C18H24N2O3S/c1-2-19-9-10-20(18-14-24(22,23)13-17(18)19)12-16-7-5-15(6-8-16)4-3-11-21/h5-8,17-18,21H,2,9-14H2,1H3/t17-,18+/m1/s1. The van der Waals surface area contributed by atoms with Crippen LogP contribution in [0.25, 0.3) is 0 Å². The molecule has 1 aromatic carbocycles. The van der Waals surface area contributed by atoms with Gasteiger partial charge in [0, 0.05) is 37.3 Å². The highest BCUT2D eigenvalue weighted by atomic mass is 32.2. The van der Waals surface area contributed by atoms with Crippen molar-refractivity contribution >= 4 is 9.84 Å². The molecule has 2 heterocycles. The summed E-state index contributed by atoms with van der Waals surface area (Å²) in [6.45, 7) is 5.46. The lowest BCUT2D eigenvalue weighted by atomic mass is 10.0. The van der Waals surface area contributed by atoms with Gasteiger partial charge in [0.2, 0.25) is 0 Å². The predicted molar refractivity (Wildman–Crippen MR) is 94.3 cm³/mol. The summed E-state index contributed by atoms with van der Waals surface area (Å²) in [5.41, 5.74) is 2.04. The molecule has 3 rings (SSSR count). The fraction of sp³-hybridized carbons (Fsp3) is 0.556. The van der Waals surface area contributed by atoms with Gasteiger partial charge in [-0.25, -0.2) is 8.42 Å². The van der Waals surface area contributed by atoms with E-state index in [-0.39, 0.29) is 30.2 Å². The number of nitrogens with zero attached hydrogens (tertiary/aromatic N) is 2. The topological polar surface area (TPSA) is 60.9 Å². The first-order chi connectivity index (χ1) is 11.5. The number of likely N-dealkylation sites (N-methyl/N-ethyl adjacent to an activating group) is 1. The Kier molecular flexibility index (Phi) is 5.26. The molecule has 1 N–H and O–H groups in total. The zero-order chi connectivity index (χ0) is 17.2. The lowest BCUT2D eigenvalue weighted by Crippen LogP contribution is -2.58. The second kappa shape index (κ2) is 7.24. The average molecular weight is 348 g/mol. The summed E-state index contributed by atoms with van der Waals surface area (Å²) in [5, 5.41) is 8.74. The van der Waals surface area contributed by atoms with E-state index in [1.165, 1.54) is 0 Å². The van der Waals surface area contributed by atoms with E-state index in [1.807, 2.05) is 24.3 Å². The molecule has 0 spiro atoms. The summed E-state index contributed by atoms with van der Waals surface area (Å²) >= 11 is 0. The second-order valence-electron chi connectivity index (χ2n) is 6.47. The van der Waals surface area contributed by atoms with E-state index in [0.29, 0.717) is 0 Å². The van der Waals surface area contributed by atoms with E-state index in [9.17, 15) is 8.42 Å². The van der Waals surface area contributed by atoms with E-state index < -0.39 is 9.84 Å². The molecule has 6 heteroatoms. The summed E-state index contributed by atoms with van der Waals surface area (Å²) in [6.07, 6.45) is 0. The number of rotatable bonds is 3. The van der Waals surface area contributed by atoms with Crippen LogP contribution in [0.3, 0.4) is 0 Å². The van der Waals surface area contributed by atoms with Crippen LogP contribution in [0.1, 0.15) is 18.1 Å². The fourth-order valence-electron chi connectivity index (χ4n) is 3.76. The van der Waals surface area contributed by atoms with Gasteiger partial charge < -0.3 is 5.11 Å². The van der Waals surface area contributed by atoms with Crippen molar-refractivity contribution < 1.29 is 13.5 Å². The van der Waals surface area contributed by atoms with Gasteiger partial charge in [-0.05, 0) is 24.2 Å². The number of hydrogen-bond donors (Lipinski definition) is 1. The Hall–Kier alpha value is -1.39. The summed E-state index contributed by atoms with van der Waals surface area (Å²) in [4.78, 5) is 4.62. The van der Waals surface area contributed by atoms with Gasteiger partial charge in [0.15, 0.2) is 9.84 Å². The first kappa shape index (κ1) is 17.4. The normalized spacial score (nSPS) is 26.6. The highest BCUT2D eigenvalue weighted by Crippen LogP contribution is 2.28. The van der Waals surface area contributed by atoms with Crippen molar-refractivity contribution in [2.75, 3.05) is 37.7 Å².